The monoisotopic (exact) mass is 618 g/mol. The topological polar surface area (TPSA) is 64.7 Å². The molecule has 45 heavy (non-hydrogen) atoms. The van der Waals surface area contributed by atoms with Crippen LogP contribution >= 0.6 is 0 Å². The van der Waals surface area contributed by atoms with E-state index < -0.39 is 9.84 Å². The van der Waals surface area contributed by atoms with E-state index >= 15 is 0 Å². The minimum absolute atomic E-state index is 0.360. The first kappa shape index (κ1) is 28.8. The van der Waals surface area contributed by atoms with Crippen LogP contribution in [-0.2, 0) is 9.84 Å². The number of sulfone groups is 1. The fourth-order valence-corrected chi connectivity index (χ4v) is 10.4. The summed E-state index contributed by atoms with van der Waals surface area (Å²) in [4.78, 5) is 5.58. The highest BCUT2D eigenvalue weighted by molar-refractivity contribution is 7.91. The Morgan fingerprint density at radius 3 is 1.47 bits per heavy atom. The van der Waals surface area contributed by atoms with Crippen molar-refractivity contribution in [2.24, 2.45) is 0 Å². The molecule has 4 aliphatic rings. The number of anilines is 2. The summed E-state index contributed by atoms with van der Waals surface area (Å²) in [6.45, 7) is 4.09. The lowest BCUT2D eigenvalue weighted by Gasteiger charge is -2.24. The highest BCUT2D eigenvalue weighted by atomic mass is 32.2. The third kappa shape index (κ3) is 4.70. The van der Waals surface area contributed by atoms with Crippen LogP contribution in [0.3, 0.4) is 0 Å². The average Bonchev–Trinajstić information content (AvgIpc) is 3.29. The predicted molar refractivity (Wildman–Crippen MR) is 183 cm³/mol. The molecule has 2 saturated heterocycles. The third-order valence-electron chi connectivity index (χ3n) is 11.0. The van der Waals surface area contributed by atoms with Crippen LogP contribution in [0.4, 0.5) is 11.4 Å². The van der Waals surface area contributed by atoms with E-state index in [1.807, 2.05) is 36.4 Å². The lowest BCUT2D eigenvalue weighted by atomic mass is 9.89. The molecule has 2 fully saturated rings. The summed E-state index contributed by atoms with van der Waals surface area (Å²) in [6.07, 6.45) is 4.41. The van der Waals surface area contributed by atoms with Crippen LogP contribution in [-0.4, -0.2) is 60.8 Å². The van der Waals surface area contributed by atoms with Crippen molar-refractivity contribution in [2.45, 2.75) is 59.4 Å². The predicted octanol–water partition coefficient (Wildman–Crippen LogP) is 6.42. The van der Waals surface area contributed by atoms with Crippen molar-refractivity contribution < 1.29 is 8.42 Å². The van der Waals surface area contributed by atoms with Crippen LogP contribution in [0.15, 0.2) is 94.7 Å². The van der Waals surface area contributed by atoms with E-state index in [0.717, 1.165) is 74.1 Å². The van der Waals surface area contributed by atoms with Crippen molar-refractivity contribution >= 4 is 21.2 Å². The average molecular weight is 619 g/mol. The van der Waals surface area contributed by atoms with E-state index in [0.29, 0.717) is 33.7 Å². The largest absolute Gasteiger partial charge is 0.371 e. The maximum atomic E-state index is 14.7. The van der Waals surface area contributed by atoms with Gasteiger partial charge >= 0.3 is 0 Å². The van der Waals surface area contributed by atoms with E-state index in [1.165, 1.54) is 22.5 Å². The number of hydrogen-bond donors (Lipinski definition) is 2. The molecule has 0 saturated carbocycles. The molecule has 0 radical (unpaired) electrons. The lowest BCUT2D eigenvalue weighted by molar-refractivity contribution is 0.531. The van der Waals surface area contributed by atoms with Crippen molar-refractivity contribution in [1.29, 1.82) is 0 Å². The first-order valence-corrected chi connectivity index (χ1v) is 18.0. The van der Waals surface area contributed by atoms with Crippen LogP contribution < -0.4 is 20.4 Å². The van der Waals surface area contributed by atoms with Gasteiger partial charge in [0.15, 0.2) is 0 Å². The minimum atomic E-state index is -3.85. The van der Waals surface area contributed by atoms with E-state index in [1.54, 1.807) is 12.1 Å². The van der Waals surface area contributed by atoms with Gasteiger partial charge in [-0.1, -0.05) is 48.5 Å². The highest BCUT2D eigenvalue weighted by Gasteiger charge is 2.39. The Labute approximate surface area is 267 Å². The van der Waals surface area contributed by atoms with Crippen molar-refractivity contribution in [3.63, 3.8) is 0 Å². The molecule has 4 aromatic rings. The molecule has 0 unspecified atom stereocenters. The van der Waals surface area contributed by atoms with Crippen LogP contribution in [0.5, 0.6) is 0 Å². The Morgan fingerprint density at radius 1 is 0.578 bits per heavy atom. The summed E-state index contributed by atoms with van der Waals surface area (Å²) in [5, 5.41) is 7.12. The molecule has 4 atom stereocenters. The quantitative estimate of drug-likeness (QED) is 0.275. The molecular formula is C38H42N4O2S. The molecule has 6 nitrogen and oxygen atoms in total. The fraction of sp³-hybridized carbons (Fsp3) is 0.368. The molecule has 2 N–H and O–H groups in total. The highest BCUT2D eigenvalue weighted by Crippen LogP contribution is 2.48. The molecule has 4 heterocycles. The molecule has 232 valence electrons. The Kier molecular flexibility index (Phi) is 7.23. The molecule has 0 aromatic heterocycles. The summed E-state index contributed by atoms with van der Waals surface area (Å²) in [6, 6.07) is 29.2. The van der Waals surface area contributed by atoms with Crippen molar-refractivity contribution in [2.75, 3.05) is 50.1 Å². The van der Waals surface area contributed by atoms with Crippen molar-refractivity contribution in [1.82, 2.24) is 10.6 Å². The maximum absolute atomic E-state index is 14.7. The van der Waals surface area contributed by atoms with Gasteiger partial charge in [-0.15, -0.1) is 0 Å². The van der Waals surface area contributed by atoms with Crippen molar-refractivity contribution in [3.8, 4) is 22.3 Å². The van der Waals surface area contributed by atoms with Gasteiger partial charge < -0.3 is 20.4 Å². The smallest absolute Gasteiger partial charge is 0.207 e. The zero-order valence-corrected chi connectivity index (χ0v) is 27.0. The van der Waals surface area contributed by atoms with Gasteiger partial charge in [-0.3, -0.25) is 0 Å². The molecule has 0 amide bonds. The molecule has 0 aliphatic carbocycles. The summed E-state index contributed by atoms with van der Waals surface area (Å²) >= 11 is 0. The molecule has 0 spiro atoms. The third-order valence-corrected chi connectivity index (χ3v) is 12.9. The Hall–Kier alpha value is -3.65. The second kappa shape index (κ2) is 11.3. The van der Waals surface area contributed by atoms with Gasteiger partial charge in [-0.05, 0) is 111 Å². The molecule has 4 aliphatic heterocycles. The molecule has 7 heteroatoms. The zero-order valence-electron chi connectivity index (χ0n) is 26.2. The summed E-state index contributed by atoms with van der Waals surface area (Å²) in [7, 11) is 0.559. The molecule has 0 bridgehead atoms. The number of fused-ring (bicyclic) bond motifs is 6. The summed E-state index contributed by atoms with van der Waals surface area (Å²) in [5.74, 6) is 0.902. The molecular weight excluding hydrogens is 577 g/mol. The first-order valence-electron chi connectivity index (χ1n) is 16.5. The molecule has 8 rings (SSSR count). The second-order valence-corrected chi connectivity index (χ2v) is 15.2. The van der Waals surface area contributed by atoms with E-state index in [4.69, 9.17) is 0 Å². The van der Waals surface area contributed by atoms with E-state index in [-0.39, 0.29) is 0 Å². The zero-order chi connectivity index (χ0) is 30.7. The van der Waals surface area contributed by atoms with Gasteiger partial charge in [0, 0.05) is 60.5 Å². The second-order valence-electron chi connectivity index (χ2n) is 13.3. The fourth-order valence-electron chi connectivity index (χ4n) is 8.74. The number of benzene rings is 4. The maximum Gasteiger partial charge on any atom is 0.207 e. The summed E-state index contributed by atoms with van der Waals surface area (Å²) < 4.78 is 29.4. The normalized spacial score (nSPS) is 24.3. The van der Waals surface area contributed by atoms with Gasteiger partial charge in [0.2, 0.25) is 9.84 Å². The standard InChI is InChI=1S/C38H42N4O2S/c1-41-33-13-11-25(23-31(33)29-15-19-39-21-17-35(29)41)27-7-3-5-9-37(27)45(43,44)38-10-6-4-8-28(38)26-12-14-34-32(24-26)30-16-20-40-22-18-36(30)42(34)2/h3-14,23-24,29-30,35-36,39-40H,15-22H2,1-2H3/t29-,30-,35-,36-/m1/s1. The minimum Gasteiger partial charge on any atom is -0.371 e. The first-order chi connectivity index (χ1) is 21.9. The number of hydrogen-bond acceptors (Lipinski definition) is 6. The van der Waals surface area contributed by atoms with Gasteiger partial charge in [0.25, 0.3) is 0 Å². The van der Waals surface area contributed by atoms with Gasteiger partial charge in [0.1, 0.15) is 0 Å². The van der Waals surface area contributed by atoms with Crippen LogP contribution in [0.25, 0.3) is 22.3 Å². The van der Waals surface area contributed by atoms with Crippen LogP contribution in [0.2, 0.25) is 0 Å². The van der Waals surface area contributed by atoms with Crippen LogP contribution in [0, 0.1) is 0 Å². The Morgan fingerprint density at radius 2 is 1.00 bits per heavy atom. The number of rotatable bonds is 4. The Balaban J connectivity index is 1.20. The SMILES string of the molecule is CN1c2ccc(-c3ccccc3S(=O)(=O)c3ccccc3-c3ccc4c(c3)[C@H]3CCNCC[C@H]3N4C)cc2[C@H]2CCNCC[C@H]21. The number of likely N-dealkylation sites (N-methyl/N-ethyl adjacent to an activating group) is 2. The van der Waals surface area contributed by atoms with Gasteiger partial charge in [0.05, 0.1) is 9.79 Å². The lowest BCUT2D eigenvalue weighted by Crippen LogP contribution is -2.30. The van der Waals surface area contributed by atoms with E-state index in [2.05, 4.69) is 70.9 Å². The Bertz CT molecular complexity index is 1740. The molecule has 4 aromatic carbocycles. The number of nitrogens with one attached hydrogen (secondary N) is 2. The van der Waals surface area contributed by atoms with Crippen LogP contribution in [0.1, 0.15) is 48.6 Å². The summed E-state index contributed by atoms with van der Waals surface area (Å²) in [5.41, 5.74) is 8.67. The van der Waals surface area contributed by atoms with Crippen molar-refractivity contribution in [3.05, 3.63) is 96.1 Å². The van der Waals surface area contributed by atoms with E-state index in [9.17, 15) is 8.42 Å². The van der Waals surface area contributed by atoms with Gasteiger partial charge in [-0.2, -0.15) is 0 Å². The van der Waals surface area contributed by atoms with Gasteiger partial charge in [-0.25, -0.2) is 8.42 Å². The number of nitrogens with zero attached hydrogens (tertiary/aromatic N) is 2.